The molecule has 5 heteroatoms. The van der Waals surface area contributed by atoms with Gasteiger partial charge in [0.1, 0.15) is 5.75 Å². The summed E-state index contributed by atoms with van der Waals surface area (Å²) in [7, 11) is 4.28. The number of nitrogen functional groups attached to an aromatic ring is 1. The number of anilines is 1. The third kappa shape index (κ3) is 4.94. The van der Waals surface area contributed by atoms with E-state index in [0.29, 0.717) is 36.1 Å². The lowest BCUT2D eigenvalue weighted by molar-refractivity contribution is 0.0939. The van der Waals surface area contributed by atoms with Crippen LogP contribution in [0.2, 0.25) is 0 Å². The smallest absolute Gasteiger partial charge is 0.164 e. The molecular formula is C18H29N3O2. The molecule has 0 atom stereocenters. The van der Waals surface area contributed by atoms with E-state index in [1.54, 1.807) is 18.2 Å². The fourth-order valence-electron chi connectivity index (χ4n) is 3.05. The molecule has 0 bridgehead atoms. The summed E-state index contributed by atoms with van der Waals surface area (Å²) in [6.45, 7) is 5.55. The molecule has 23 heavy (non-hydrogen) atoms. The van der Waals surface area contributed by atoms with E-state index >= 15 is 0 Å². The Morgan fingerprint density at radius 2 is 2.09 bits per heavy atom. The van der Waals surface area contributed by atoms with Crippen LogP contribution >= 0.6 is 0 Å². The second-order valence-corrected chi connectivity index (χ2v) is 6.37. The van der Waals surface area contributed by atoms with Crippen LogP contribution in [0.4, 0.5) is 5.69 Å². The predicted molar refractivity (Wildman–Crippen MR) is 94.1 cm³/mol. The number of nitrogens with zero attached hydrogens (tertiary/aromatic N) is 2. The maximum atomic E-state index is 12.4. The van der Waals surface area contributed by atoms with Gasteiger partial charge in [-0.15, -0.1) is 0 Å². The molecule has 0 saturated carbocycles. The van der Waals surface area contributed by atoms with Gasteiger partial charge in [-0.25, -0.2) is 0 Å². The number of rotatable bonds is 7. The lowest BCUT2D eigenvalue weighted by Gasteiger charge is -2.35. The number of carbonyl (C=O) groups is 1. The quantitative estimate of drug-likeness (QED) is 0.617. The molecule has 0 unspecified atom stereocenters. The van der Waals surface area contributed by atoms with Crippen LogP contribution in [0.1, 0.15) is 36.5 Å². The molecule has 0 amide bonds. The monoisotopic (exact) mass is 319 g/mol. The minimum Gasteiger partial charge on any atom is -0.492 e. The SMILES string of the molecule is CCOc1ccc(C(=O)CCN(C)C2CCN(C)CC2)cc1N. The molecule has 5 nitrogen and oxygen atoms in total. The molecule has 1 aliphatic heterocycles. The second kappa shape index (κ2) is 8.31. The van der Waals surface area contributed by atoms with E-state index in [-0.39, 0.29) is 5.78 Å². The Labute approximate surface area is 139 Å². The minimum absolute atomic E-state index is 0.138. The lowest BCUT2D eigenvalue weighted by Crippen LogP contribution is -2.42. The van der Waals surface area contributed by atoms with Crippen LogP contribution in [0.15, 0.2) is 18.2 Å². The van der Waals surface area contributed by atoms with E-state index in [0.717, 1.165) is 19.6 Å². The summed E-state index contributed by atoms with van der Waals surface area (Å²) in [4.78, 5) is 17.1. The zero-order chi connectivity index (χ0) is 16.8. The zero-order valence-electron chi connectivity index (χ0n) is 14.5. The first-order valence-corrected chi connectivity index (χ1v) is 8.45. The summed E-state index contributed by atoms with van der Waals surface area (Å²) >= 11 is 0. The Hall–Kier alpha value is -1.59. The van der Waals surface area contributed by atoms with Gasteiger partial charge in [-0.3, -0.25) is 4.79 Å². The molecule has 1 heterocycles. The fraction of sp³-hybridized carbons (Fsp3) is 0.611. The highest BCUT2D eigenvalue weighted by Crippen LogP contribution is 2.23. The van der Waals surface area contributed by atoms with Gasteiger partial charge in [0.25, 0.3) is 0 Å². The average molecular weight is 319 g/mol. The number of carbonyl (C=O) groups excluding carboxylic acids is 1. The van der Waals surface area contributed by atoms with Crippen molar-refractivity contribution >= 4 is 11.5 Å². The van der Waals surface area contributed by atoms with Crippen molar-refractivity contribution in [2.45, 2.75) is 32.2 Å². The molecule has 1 aliphatic rings. The Bertz CT molecular complexity index is 525. The number of benzene rings is 1. The van der Waals surface area contributed by atoms with E-state index in [4.69, 9.17) is 10.5 Å². The van der Waals surface area contributed by atoms with Crippen molar-refractivity contribution in [1.29, 1.82) is 0 Å². The van der Waals surface area contributed by atoms with Gasteiger partial charge in [0, 0.05) is 24.6 Å². The van der Waals surface area contributed by atoms with Crippen molar-refractivity contribution in [1.82, 2.24) is 9.80 Å². The van der Waals surface area contributed by atoms with E-state index in [1.165, 1.54) is 12.8 Å². The zero-order valence-corrected chi connectivity index (χ0v) is 14.5. The molecular weight excluding hydrogens is 290 g/mol. The van der Waals surface area contributed by atoms with Crippen molar-refractivity contribution in [3.63, 3.8) is 0 Å². The molecule has 1 fully saturated rings. The molecule has 0 spiro atoms. The van der Waals surface area contributed by atoms with Gasteiger partial charge in [-0.2, -0.15) is 0 Å². The molecule has 128 valence electrons. The Morgan fingerprint density at radius 3 is 2.70 bits per heavy atom. The van der Waals surface area contributed by atoms with E-state index in [2.05, 4.69) is 23.9 Å². The van der Waals surface area contributed by atoms with E-state index in [1.807, 2.05) is 6.92 Å². The van der Waals surface area contributed by atoms with Crippen molar-refractivity contribution in [3.8, 4) is 5.75 Å². The number of ether oxygens (including phenoxy) is 1. The van der Waals surface area contributed by atoms with E-state index < -0.39 is 0 Å². The molecule has 0 radical (unpaired) electrons. The van der Waals surface area contributed by atoms with Gasteiger partial charge in [0.2, 0.25) is 0 Å². The highest BCUT2D eigenvalue weighted by molar-refractivity contribution is 5.97. The number of ketones is 1. The van der Waals surface area contributed by atoms with Gasteiger partial charge >= 0.3 is 0 Å². The largest absolute Gasteiger partial charge is 0.492 e. The summed E-state index contributed by atoms with van der Waals surface area (Å²) < 4.78 is 5.41. The third-order valence-electron chi connectivity index (χ3n) is 4.63. The van der Waals surface area contributed by atoms with Gasteiger partial charge in [-0.05, 0) is 65.1 Å². The van der Waals surface area contributed by atoms with Gasteiger partial charge in [-0.1, -0.05) is 0 Å². The number of likely N-dealkylation sites (tertiary alicyclic amines) is 1. The minimum atomic E-state index is 0.138. The fourth-order valence-corrected chi connectivity index (χ4v) is 3.05. The summed E-state index contributed by atoms with van der Waals surface area (Å²) in [5, 5.41) is 0. The average Bonchev–Trinajstić information content (AvgIpc) is 2.55. The van der Waals surface area contributed by atoms with E-state index in [9.17, 15) is 4.79 Å². The van der Waals surface area contributed by atoms with Crippen LogP contribution in [0.3, 0.4) is 0 Å². The molecule has 1 aromatic rings. The molecule has 2 rings (SSSR count). The Kier molecular flexibility index (Phi) is 6.42. The van der Waals surface area contributed by atoms with Crippen LogP contribution in [0.5, 0.6) is 5.75 Å². The normalized spacial score (nSPS) is 16.7. The highest BCUT2D eigenvalue weighted by atomic mass is 16.5. The third-order valence-corrected chi connectivity index (χ3v) is 4.63. The summed E-state index contributed by atoms with van der Waals surface area (Å²) in [5.41, 5.74) is 7.14. The highest BCUT2D eigenvalue weighted by Gasteiger charge is 2.21. The number of piperidine rings is 1. The number of hydrogen-bond donors (Lipinski definition) is 1. The second-order valence-electron chi connectivity index (χ2n) is 6.37. The van der Waals surface area contributed by atoms with Gasteiger partial charge < -0.3 is 20.3 Å². The summed E-state index contributed by atoms with van der Waals surface area (Å²) in [5.74, 6) is 0.784. The lowest BCUT2D eigenvalue weighted by atomic mass is 10.0. The molecule has 0 aromatic heterocycles. The van der Waals surface area contributed by atoms with Gasteiger partial charge in [0.15, 0.2) is 5.78 Å². The van der Waals surface area contributed by atoms with Crippen molar-refractivity contribution < 1.29 is 9.53 Å². The first-order chi connectivity index (χ1) is 11.0. The van der Waals surface area contributed by atoms with Crippen molar-refractivity contribution in [2.24, 2.45) is 0 Å². The van der Waals surface area contributed by atoms with Gasteiger partial charge in [0.05, 0.1) is 12.3 Å². The number of hydrogen-bond acceptors (Lipinski definition) is 5. The summed E-state index contributed by atoms with van der Waals surface area (Å²) in [6.07, 6.45) is 2.88. The van der Waals surface area contributed by atoms with Crippen LogP contribution in [-0.4, -0.2) is 62.0 Å². The number of Topliss-reactive ketones (excluding diaryl/α,β-unsaturated/α-hetero) is 1. The summed E-state index contributed by atoms with van der Waals surface area (Å²) in [6, 6.07) is 5.90. The van der Waals surface area contributed by atoms with Crippen LogP contribution in [0, 0.1) is 0 Å². The van der Waals surface area contributed by atoms with Crippen molar-refractivity contribution in [2.75, 3.05) is 46.1 Å². The maximum Gasteiger partial charge on any atom is 0.164 e. The number of nitrogens with two attached hydrogens (primary N) is 1. The van der Waals surface area contributed by atoms with Crippen LogP contribution < -0.4 is 10.5 Å². The first kappa shape index (κ1) is 17.8. The molecule has 2 N–H and O–H groups in total. The molecule has 0 aliphatic carbocycles. The topological polar surface area (TPSA) is 58.8 Å². The Balaban J connectivity index is 1.85. The van der Waals surface area contributed by atoms with Crippen molar-refractivity contribution in [3.05, 3.63) is 23.8 Å². The van der Waals surface area contributed by atoms with Crippen LogP contribution in [0.25, 0.3) is 0 Å². The standard InChI is InChI=1S/C18H29N3O2/c1-4-23-18-6-5-14(13-16(18)19)17(22)9-12-21(3)15-7-10-20(2)11-8-15/h5-6,13,15H,4,7-12,19H2,1-3H3. The maximum absolute atomic E-state index is 12.4. The van der Waals surface area contributed by atoms with Crippen LogP contribution in [-0.2, 0) is 0 Å². The first-order valence-electron chi connectivity index (χ1n) is 8.45. The molecule has 1 saturated heterocycles. The molecule has 1 aromatic carbocycles. The Morgan fingerprint density at radius 1 is 1.39 bits per heavy atom. The predicted octanol–water partition coefficient (Wildman–Crippen LogP) is 2.27.